The van der Waals surface area contributed by atoms with Crippen LogP contribution in [-0.4, -0.2) is 30.1 Å². The highest BCUT2D eigenvalue weighted by molar-refractivity contribution is 5.80. The first kappa shape index (κ1) is 15.0. The lowest BCUT2D eigenvalue weighted by Gasteiger charge is -2.17. The van der Waals surface area contributed by atoms with Gasteiger partial charge >= 0.3 is 5.97 Å². The van der Waals surface area contributed by atoms with Crippen LogP contribution in [0.4, 0.5) is 0 Å². The van der Waals surface area contributed by atoms with Crippen LogP contribution in [0.5, 0.6) is 5.75 Å². The summed E-state index contributed by atoms with van der Waals surface area (Å²) in [6, 6.07) is 6.81. The van der Waals surface area contributed by atoms with Crippen molar-refractivity contribution in [3.05, 3.63) is 29.8 Å². The van der Waals surface area contributed by atoms with Gasteiger partial charge in [-0.1, -0.05) is 12.1 Å². The lowest BCUT2D eigenvalue weighted by molar-refractivity contribution is -0.142. The van der Waals surface area contributed by atoms with Gasteiger partial charge in [0.15, 0.2) is 0 Å². The highest BCUT2D eigenvalue weighted by atomic mass is 16.5. The Morgan fingerprint density at radius 1 is 1.37 bits per heavy atom. The summed E-state index contributed by atoms with van der Waals surface area (Å²) in [6.07, 6.45) is 0.202. The summed E-state index contributed by atoms with van der Waals surface area (Å²) in [5.74, 6) is -1.05. The van der Waals surface area contributed by atoms with Gasteiger partial charge in [0.25, 0.3) is 0 Å². The lowest BCUT2D eigenvalue weighted by Crippen LogP contribution is -2.40. The summed E-state index contributed by atoms with van der Waals surface area (Å²) in [7, 11) is 1.57. The van der Waals surface area contributed by atoms with E-state index in [4.69, 9.17) is 9.84 Å². The Morgan fingerprint density at radius 3 is 2.63 bits per heavy atom. The van der Waals surface area contributed by atoms with Gasteiger partial charge in [0.05, 0.1) is 19.4 Å². The Bertz CT molecular complexity index is 459. The van der Waals surface area contributed by atoms with E-state index in [1.165, 1.54) is 0 Å². The molecule has 104 valence electrons. The molecular weight excluding hydrogens is 246 g/mol. The van der Waals surface area contributed by atoms with Gasteiger partial charge in [-0.15, -0.1) is 0 Å². The maximum atomic E-state index is 11.8. The fourth-order valence-electron chi connectivity index (χ4n) is 1.61. The molecule has 2 N–H and O–H groups in total. The molecule has 0 heterocycles. The first-order chi connectivity index (χ1) is 8.93. The van der Waals surface area contributed by atoms with E-state index in [0.717, 1.165) is 5.56 Å². The molecule has 0 aliphatic rings. The number of hydrogen-bond acceptors (Lipinski definition) is 3. The number of carbonyl (C=O) groups excluding carboxylic acids is 1. The first-order valence-electron chi connectivity index (χ1n) is 6.09. The number of ether oxygens (including phenoxy) is 1. The maximum Gasteiger partial charge on any atom is 0.308 e. The van der Waals surface area contributed by atoms with Gasteiger partial charge in [0.1, 0.15) is 5.75 Å². The Balaban J connectivity index is 2.57. The van der Waals surface area contributed by atoms with Crippen LogP contribution in [0.25, 0.3) is 0 Å². The number of hydrogen-bond donors (Lipinski definition) is 2. The second-order valence-corrected chi connectivity index (χ2v) is 4.51. The predicted octanol–water partition coefficient (Wildman–Crippen LogP) is 1.46. The first-order valence-corrected chi connectivity index (χ1v) is 6.09. The molecule has 2 unspecified atom stereocenters. The van der Waals surface area contributed by atoms with E-state index >= 15 is 0 Å². The van der Waals surface area contributed by atoms with E-state index in [0.29, 0.717) is 5.75 Å². The molecule has 5 heteroatoms. The third kappa shape index (κ3) is 4.62. The van der Waals surface area contributed by atoms with Gasteiger partial charge in [-0.2, -0.15) is 0 Å². The van der Waals surface area contributed by atoms with Gasteiger partial charge in [0, 0.05) is 6.04 Å². The molecule has 0 aliphatic carbocycles. The average Bonchev–Trinajstić information content (AvgIpc) is 2.37. The van der Waals surface area contributed by atoms with Crippen LogP contribution in [0.15, 0.2) is 24.3 Å². The summed E-state index contributed by atoms with van der Waals surface area (Å²) < 4.78 is 5.08. The number of carbonyl (C=O) groups is 2. The summed E-state index contributed by atoms with van der Waals surface area (Å²) >= 11 is 0. The molecule has 1 amide bonds. The molecule has 5 nitrogen and oxygen atoms in total. The molecule has 0 spiro atoms. The molecule has 0 saturated carbocycles. The summed E-state index contributed by atoms with van der Waals surface area (Å²) in [4.78, 5) is 22.6. The third-order valence-electron chi connectivity index (χ3n) is 3.03. The number of nitrogens with one attached hydrogen (secondary N) is 1. The van der Waals surface area contributed by atoms with Crippen LogP contribution in [0.1, 0.15) is 19.4 Å². The molecule has 19 heavy (non-hydrogen) atoms. The van der Waals surface area contributed by atoms with Crippen LogP contribution in [0.2, 0.25) is 0 Å². The van der Waals surface area contributed by atoms with Crippen LogP contribution < -0.4 is 10.1 Å². The van der Waals surface area contributed by atoms with Crippen LogP contribution in [0, 0.1) is 5.92 Å². The monoisotopic (exact) mass is 265 g/mol. The topological polar surface area (TPSA) is 75.6 Å². The van der Waals surface area contributed by atoms with E-state index in [1.807, 2.05) is 12.1 Å². The number of carboxylic acids is 1. The highest BCUT2D eigenvalue weighted by Crippen LogP contribution is 2.13. The smallest absolute Gasteiger partial charge is 0.308 e. The van der Waals surface area contributed by atoms with E-state index in [2.05, 4.69) is 5.32 Å². The lowest BCUT2D eigenvalue weighted by atomic mass is 10.0. The SMILES string of the molecule is COc1cccc(CC(=O)NC(C)C(C)C(=O)O)c1. The number of benzene rings is 1. The zero-order valence-electron chi connectivity index (χ0n) is 11.3. The fourth-order valence-corrected chi connectivity index (χ4v) is 1.61. The number of amides is 1. The largest absolute Gasteiger partial charge is 0.497 e. The number of methoxy groups -OCH3 is 1. The van der Waals surface area contributed by atoms with Gasteiger partial charge in [-0.25, -0.2) is 0 Å². The minimum Gasteiger partial charge on any atom is -0.497 e. The van der Waals surface area contributed by atoms with Gasteiger partial charge < -0.3 is 15.2 Å². The van der Waals surface area contributed by atoms with Gasteiger partial charge in [-0.3, -0.25) is 9.59 Å². The number of aliphatic carboxylic acids is 1. The Kier molecular flexibility index (Phi) is 5.36. The minimum atomic E-state index is -0.922. The Labute approximate surface area is 112 Å². The van der Waals surface area contributed by atoms with Crippen molar-refractivity contribution in [2.24, 2.45) is 5.92 Å². The Hall–Kier alpha value is -2.04. The van der Waals surface area contributed by atoms with Crippen molar-refractivity contribution in [2.45, 2.75) is 26.3 Å². The van der Waals surface area contributed by atoms with E-state index in [1.54, 1.807) is 33.1 Å². The fraction of sp³-hybridized carbons (Fsp3) is 0.429. The van der Waals surface area contributed by atoms with Crippen molar-refractivity contribution in [3.8, 4) is 5.75 Å². The summed E-state index contributed by atoms with van der Waals surface area (Å²) in [5, 5.41) is 11.5. The normalized spacial score (nSPS) is 13.4. The molecule has 1 aromatic rings. The molecule has 0 aliphatic heterocycles. The van der Waals surface area contributed by atoms with Crippen LogP contribution in [-0.2, 0) is 16.0 Å². The van der Waals surface area contributed by atoms with Crippen LogP contribution in [0.3, 0.4) is 0 Å². The van der Waals surface area contributed by atoms with E-state index in [-0.39, 0.29) is 12.3 Å². The number of carboxylic acid groups (broad SMARTS) is 1. The standard InChI is InChI=1S/C14H19NO4/c1-9(14(17)18)10(2)15-13(16)8-11-5-4-6-12(7-11)19-3/h4-7,9-10H,8H2,1-3H3,(H,15,16)(H,17,18). The summed E-state index contributed by atoms with van der Waals surface area (Å²) in [6.45, 7) is 3.25. The van der Waals surface area contributed by atoms with Gasteiger partial charge in [0.2, 0.25) is 5.91 Å². The maximum absolute atomic E-state index is 11.8. The number of rotatable bonds is 6. The van der Waals surface area contributed by atoms with E-state index in [9.17, 15) is 9.59 Å². The molecule has 0 aromatic heterocycles. The molecule has 0 saturated heterocycles. The van der Waals surface area contributed by atoms with Gasteiger partial charge in [-0.05, 0) is 31.5 Å². The average molecular weight is 265 g/mol. The van der Waals surface area contributed by atoms with Crippen molar-refractivity contribution >= 4 is 11.9 Å². The molecular formula is C14H19NO4. The van der Waals surface area contributed by atoms with Crippen molar-refractivity contribution in [3.63, 3.8) is 0 Å². The van der Waals surface area contributed by atoms with Crippen molar-refractivity contribution in [2.75, 3.05) is 7.11 Å². The molecule has 1 aromatic carbocycles. The predicted molar refractivity (Wildman–Crippen MR) is 71.1 cm³/mol. The third-order valence-corrected chi connectivity index (χ3v) is 3.03. The quantitative estimate of drug-likeness (QED) is 0.816. The molecule has 2 atom stereocenters. The van der Waals surface area contributed by atoms with Crippen LogP contribution >= 0.6 is 0 Å². The van der Waals surface area contributed by atoms with Crippen molar-refractivity contribution in [1.29, 1.82) is 0 Å². The molecule has 1 rings (SSSR count). The zero-order chi connectivity index (χ0) is 14.4. The second kappa shape index (κ2) is 6.78. The summed E-state index contributed by atoms with van der Waals surface area (Å²) in [5.41, 5.74) is 0.826. The molecule has 0 fully saturated rings. The van der Waals surface area contributed by atoms with Crippen molar-refractivity contribution < 1.29 is 19.4 Å². The Morgan fingerprint density at radius 2 is 2.05 bits per heavy atom. The highest BCUT2D eigenvalue weighted by Gasteiger charge is 2.20. The molecule has 0 bridgehead atoms. The van der Waals surface area contributed by atoms with E-state index < -0.39 is 17.9 Å². The minimum absolute atomic E-state index is 0.200. The van der Waals surface area contributed by atoms with Crippen molar-refractivity contribution in [1.82, 2.24) is 5.32 Å². The second-order valence-electron chi connectivity index (χ2n) is 4.51. The zero-order valence-corrected chi connectivity index (χ0v) is 11.3. The molecule has 0 radical (unpaired) electrons.